The van der Waals surface area contributed by atoms with Crippen molar-refractivity contribution < 1.29 is 4.79 Å². The number of hydrogen-bond acceptors (Lipinski definition) is 2. The van der Waals surface area contributed by atoms with Crippen LogP contribution in [-0.4, -0.2) is 29.1 Å². The molecule has 2 nitrogen and oxygen atoms in total. The van der Waals surface area contributed by atoms with Gasteiger partial charge in [0.05, 0.1) is 0 Å². The van der Waals surface area contributed by atoms with Crippen LogP contribution in [0.2, 0.25) is 0 Å². The van der Waals surface area contributed by atoms with E-state index in [0.717, 1.165) is 12.0 Å². The van der Waals surface area contributed by atoms with E-state index in [2.05, 4.69) is 26.1 Å². The van der Waals surface area contributed by atoms with Crippen molar-refractivity contribution in [3.05, 3.63) is 12.2 Å². The smallest absolute Gasteiger partial charge is 0.226 e. The van der Waals surface area contributed by atoms with E-state index in [1.54, 1.807) is 0 Å². The molecule has 3 heteroatoms. The monoisotopic (exact) mass is 199 g/mol. The summed E-state index contributed by atoms with van der Waals surface area (Å²) in [6, 6.07) is 0.360. The molecule has 0 radical (unpaired) electrons. The zero-order valence-electron chi connectivity index (χ0n) is 8.29. The largest absolute Gasteiger partial charge is 0.336 e. The Hall–Kier alpha value is -0.440. The summed E-state index contributed by atoms with van der Waals surface area (Å²) >= 11 is 4.13. The predicted molar refractivity (Wildman–Crippen MR) is 57.9 cm³/mol. The van der Waals surface area contributed by atoms with Crippen molar-refractivity contribution in [3.8, 4) is 0 Å². The molecule has 0 N–H and O–H groups in total. The molecule has 2 atom stereocenters. The summed E-state index contributed by atoms with van der Waals surface area (Å²) in [5, 5.41) is 0. The third-order valence-corrected chi connectivity index (χ3v) is 3.00. The third kappa shape index (κ3) is 2.27. The van der Waals surface area contributed by atoms with Gasteiger partial charge in [-0.1, -0.05) is 13.5 Å². The zero-order chi connectivity index (χ0) is 10.0. The Labute approximate surface area is 85.4 Å². The quantitative estimate of drug-likeness (QED) is 0.542. The summed E-state index contributed by atoms with van der Waals surface area (Å²) in [5.41, 5.74) is 1.01. The van der Waals surface area contributed by atoms with Crippen LogP contribution in [0.5, 0.6) is 0 Å². The van der Waals surface area contributed by atoms with Gasteiger partial charge >= 0.3 is 0 Å². The first-order chi connectivity index (χ1) is 6.06. The van der Waals surface area contributed by atoms with Crippen LogP contribution < -0.4 is 0 Å². The number of amides is 1. The molecule has 1 rings (SSSR count). The number of likely N-dealkylation sites (tertiary alicyclic amines) is 1. The van der Waals surface area contributed by atoms with E-state index in [4.69, 9.17) is 0 Å². The molecule has 1 heterocycles. The van der Waals surface area contributed by atoms with Gasteiger partial charge in [-0.25, -0.2) is 0 Å². The van der Waals surface area contributed by atoms with Crippen molar-refractivity contribution >= 4 is 18.5 Å². The molecule has 0 aliphatic carbocycles. The number of rotatable bonds is 3. The zero-order valence-corrected chi connectivity index (χ0v) is 9.18. The lowest BCUT2D eigenvalue weighted by atomic mass is 10.1. The molecule has 0 aromatic rings. The minimum absolute atomic E-state index is 0.183. The molecule has 0 spiro atoms. The van der Waals surface area contributed by atoms with Gasteiger partial charge in [0, 0.05) is 24.3 Å². The van der Waals surface area contributed by atoms with Crippen LogP contribution in [0, 0.1) is 5.92 Å². The van der Waals surface area contributed by atoms with Crippen molar-refractivity contribution in [3.63, 3.8) is 0 Å². The highest BCUT2D eigenvalue weighted by atomic mass is 32.1. The van der Waals surface area contributed by atoms with E-state index in [-0.39, 0.29) is 11.8 Å². The van der Waals surface area contributed by atoms with Crippen molar-refractivity contribution in [2.24, 2.45) is 5.92 Å². The Morgan fingerprint density at radius 3 is 2.69 bits per heavy atom. The molecule has 0 saturated carbocycles. The fourth-order valence-corrected chi connectivity index (χ4v) is 1.86. The molecule has 1 fully saturated rings. The first-order valence-corrected chi connectivity index (χ1v) is 5.27. The second-order valence-corrected chi connectivity index (χ2v) is 4.18. The lowest BCUT2D eigenvalue weighted by Crippen LogP contribution is -2.33. The fourth-order valence-electron chi connectivity index (χ4n) is 1.76. The molecule has 1 aliphatic rings. The average molecular weight is 199 g/mol. The van der Waals surface area contributed by atoms with Gasteiger partial charge in [-0.15, -0.1) is 0 Å². The minimum Gasteiger partial charge on any atom is -0.336 e. The average Bonchev–Trinajstić information content (AvgIpc) is 2.32. The second-order valence-electron chi connectivity index (χ2n) is 3.86. The normalized spacial score (nSPS) is 28.2. The van der Waals surface area contributed by atoms with E-state index < -0.39 is 0 Å². The van der Waals surface area contributed by atoms with Crippen LogP contribution in [0.3, 0.4) is 0 Å². The molecule has 0 aromatic heterocycles. The van der Waals surface area contributed by atoms with Gasteiger partial charge in [-0.05, 0) is 18.9 Å². The van der Waals surface area contributed by atoms with Crippen LogP contribution in [0.15, 0.2) is 12.2 Å². The van der Waals surface area contributed by atoms with E-state index in [1.165, 1.54) is 0 Å². The number of carbonyl (C=O) groups excluding carboxylic acids is 1. The highest BCUT2D eigenvalue weighted by Crippen LogP contribution is 2.24. The maximum absolute atomic E-state index is 11.6. The number of hydrogen-bond donors (Lipinski definition) is 1. The lowest BCUT2D eigenvalue weighted by Gasteiger charge is -2.22. The first kappa shape index (κ1) is 10.6. The Morgan fingerprint density at radius 2 is 2.31 bits per heavy atom. The molecular weight excluding hydrogens is 182 g/mol. The van der Waals surface area contributed by atoms with Gasteiger partial charge in [0.1, 0.15) is 0 Å². The Balaban J connectivity index is 2.59. The Kier molecular flexibility index (Phi) is 3.42. The van der Waals surface area contributed by atoms with Crippen LogP contribution in [-0.2, 0) is 4.79 Å². The van der Waals surface area contributed by atoms with Gasteiger partial charge in [0.2, 0.25) is 5.91 Å². The van der Waals surface area contributed by atoms with Gasteiger partial charge in [0.25, 0.3) is 0 Å². The third-order valence-electron chi connectivity index (χ3n) is 2.55. The summed E-state index contributed by atoms with van der Waals surface area (Å²) in [5.74, 6) is 1.10. The molecular formula is C10H17NOS. The number of nitrogens with zero attached hydrogens (tertiary/aromatic N) is 1. The molecule has 2 unspecified atom stereocenters. The van der Waals surface area contributed by atoms with Crippen molar-refractivity contribution in [2.45, 2.75) is 26.3 Å². The van der Waals surface area contributed by atoms with Gasteiger partial charge in [-0.2, -0.15) is 12.6 Å². The maximum atomic E-state index is 11.6. The van der Waals surface area contributed by atoms with Crippen LogP contribution >= 0.6 is 12.6 Å². The Morgan fingerprint density at radius 1 is 1.69 bits per heavy atom. The molecule has 0 aromatic carbocycles. The van der Waals surface area contributed by atoms with Crippen LogP contribution in [0.25, 0.3) is 0 Å². The number of carbonyl (C=O) groups is 1. The highest BCUT2D eigenvalue weighted by molar-refractivity contribution is 7.80. The van der Waals surface area contributed by atoms with Gasteiger partial charge < -0.3 is 4.90 Å². The van der Waals surface area contributed by atoms with E-state index in [9.17, 15) is 4.79 Å². The van der Waals surface area contributed by atoms with E-state index in [1.807, 2.05) is 11.8 Å². The summed E-state index contributed by atoms with van der Waals surface area (Å²) in [6.07, 6.45) is 0.971. The maximum Gasteiger partial charge on any atom is 0.226 e. The highest BCUT2D eigenvalue weighted by Gasteiger charge is 2.33. The molecule has 13 heavy (non-hydrogen) atoms. The van der Waals surface area contributed by atoms with Crippen molar-refractivity contribution in [1.82, 2.24) is 4.90 Å². The summed E-state index contributed by atoms with van der Waals surface area (Å²) in [7, 11) is 0. The van der Waals surface area contributed by atoms with Crippen LogP contribution in [0.4, 0.5) is 0 Å². The summed E-state index contributed by atoms with van der Waals surface area (Å²) in [4.78, 5) is 13.5. The summed E-state index contributed by atoms with van der Waals surface area (Å²) < 4.78 is 0. The van der Waals surface area contributed by atoms with E-state index >= 15 is 0 Å². The fraction of sp³-hybridized carbons (Fsp3) is 0.700. The minimum atomic E-state index is 0.183. The molecule has 1 aliphatic heterocycles. The van der Waals surface area contributed by atoms with Crippen LogP contribution in [0.1, 0.15) is 20.3 Å². The number of thiol groups is 1. The van der Waals surface area contributed by atoms with Gasteiger partial charge in [0.15, 0.2) is 0 Å². The lowest BCUT2D eigenvalue weighted by molar-refractivity contribution is -0.131. The van der Waals surface area contributed by atoms with Crippen molar-refractivity contribution in [1.29, 1.82) is 0 Å². The van der Waals surface area contributed by atoms with Crippen molar-refractivity contribution in [2.75, 3.05) is 12.3 Å². The van der Waals surface area contributed by atoms with E-state index in [0.29, 0.717) is 18.3 Å². The second kappa shape index (κ2) is 4.18. The predicted octanol–water partition coefficient (Wildman–Crippen LogP) is 1.73. The summed E-state index contributed by atoms with van der Waals surface area (Å²) in [6.45, 7) is 8.61. The molecule has 0 bridgehead atoms. The standard InChI is InChI=1S/C10H17NOS/c1-7(6-13)5-11-9(3)4-8(2)10(11)12/h8-9,13H,1,4-6H2,2-3H3. The topological polar surface area (TPSA) is 20.3 Å². The molecule has 1 saturated heterocycles. The molecule has 74 valence electrons. The Bertz CT molecular complexity index is 227. The van der Waals surface area contributed by atoms with Gasteiger partial charge in [-0.3, -0.25) is 4.79 Å². The first-order valence-electron chi connectivity index (χ1n) is 4.64. The SMILES string of the molecule is C=C(CS)CN1C(=O)C(C)CC1C. The molecule has 1 amide bonds.